The summed E-state index contributed by atoms with van der Waals surface area (Å²) in [4.78, 5) is 30.4. The van der Waals surface area contributed by atoms with E-state index in [1.807, 2.05) is 103 Å². The molecule has 0 saturated carbocycles. The van der Waals surface area contributed by atoms with Crippen LogP contribution in [0.5, 0.6) is 0 Å². The van der Waals surface area contributed by atoms with Gasteiger partial charge in [0.05, 0.1) is 10.9 Å². The van der Waals surface area contributed by atoms with Crippen molar-refractivity contribution in [3.8, 4) is 0 Å². The van der Waals surface area contributed by atoms with E-state index in [0.29, 0.717) is 42.9 Å². The van der Waals surface area contributed by atoms with E-state index in [1.165, 1.54) is 12.1 Å². The van der Waals surface area contributed by atoms with E-state index in [1.54, 1.807) is 22.8 Å². The van der Waals surface area contributed by atoms with Gasteiger partial charge in [0.25, 0.3) is 11.8 Å². The van der Waals surface area contributed by atoms with Crippen LogP contribution in [0.2, 0.25) is 0 Å². The highest BCUT2D eigenvalue weighted by atomic mass is 32.2. The number of nitrogens with one attached hydrogen (secondary N) is 1. The van der Waals surface area contributed by atoms with E-state index in [9.17, 15) is 18.0 Å². The molecule has 0 aliphatic carbocycles. The lowest BCUT2D eigenvalue weighted by molar-refractivity contribution is 0.0535. The van der Waals surface area contributed by atoms with Crippen LogP contribution in [0.15, 0.2) is 126 Å². The molecule has 1 N–H and O–H groups in total. The second-order valence-electron chi connectivity index (χ2n) is 11.0. The first-order valence-corrected chi connectivity index (χ1v) is 16.1. The van der Waals surface area contributed by atoms with E-state index in [4.69, 9.17) is 0 Å². The van der Waals surface area contributed by atoms with Crippen molar-refractivity contribution >= 4 is 32.6 Å². The van der Waals surface area contributed by atoms with Crippen molar-refractivity contribution in [3.05, 3.63) is 149 Å². The molecule has 7 nitrogen and oxygen atoms in total. The molecule has 0 radical (unpaired) electrons. The summed E-state index contributed by atoms with van der Waals surface area (Å²) in [5, 5.41) is 2.08. The summed E-state index contributed by atoms with van der Waals surface area (Å²) >= 11 is 0. The van der Waals surface area contributed by atoms with E-state index in [2.05, 4.69) is 4.72 Å². The molecule has 0 unspecified atom stereocenters. The topological polar surface area (TPSA) is 86.8 Å². The summed E-state index contributed by atoms with van der Waals surface area (Å²) in [5.41, 5.74) is 3.25. The highest BCUT2D eigenvalue weighted by Gasteiger charge is 2.28. The molecule has 44 heavy (non-hydrogen) atoms. The molecular formula is C36H33N3O4S. The van der Waals surface area contributed by atoms with Crippen molar-refractivity contribution in [2.45, 2.75) is 17.9 Å². The summed E-state index contributed by atoms with van der Waals surface area (Å²) in [5.74, 6) is -0.315. The van der Waals surface area contributed by atoms with Gasteiger partial charge in [0, 0.05) is 37.3 Å². The van der Waals surface area contributed by atoms with Crippen molar-refractivity contribution in [2.24, 2.45) is 0 Å². The van der Waals surface area contributed by atoms with Gasteiger partial charge >= 0.3 is 0 Å². The second-order valence-corrected chi connectivity index (χ2v) is 12.7. The fraction of sp³-hybridized carbons (Fsp3) is 0.167. The summed E-state index contributed by atoms with van der Waals surface area (Å²) in [6, 6.07) is 36.5. The Labute approximate surface area is 257 Å². The molecule has 1 aliphatic rings. The lowest BCUT2D eigenvalue weighted by atomic mass is 10.00. The van der Waals surface area contributed by atoms with Crippen LogP contribution in [-0.2, 0) is 10.0 Å². The number of carbonyl (C=O) groups is 2. The zero-order chi connectivity index (χ0) is 30.7. The Morgan fingerprint density at radius 1 is 0.636 bits per heavy atom. The smallest absolute Gasteiger partial charge is 0.254 e. The molecule has 222 valence electrons. The molecule has 0 atom stereocenters. The maximum absolute atomic E-state index is 13.7. The van der Waals surface area contributed by atoms with Gasteiger partial charge in [-0.25, -0.2) is 8.42 Å². The summed E-state index contributed by atoms with van der Waals surface area (Å²) in [6.45, 7) is 3.30. The van der Waals surface area contributed by atoms with Gasteiger partial charge in [0.15, 0.2) is 0 Å². The van der Waals surface area contributed by atoms with Gasteiger partial charge < -0.3 is 9.80 Å². The summed E-state index contributed by atoms with van der Waals surface area (Å²) < 4.78 is 30.3. The van der Waals surface area contributed by atoms with E-state index in [0.717, 1.165) is 21.9 Å². The molecule has 5 aromatic rings. The molecular weight excluding hydrogens is 570 g/mol. The van der Waals surface area contributed by atoms with Gasteiger partial charge in [-0.05, 0) is 58.7 Å². The minimum absolute atomic E-state index is 0.0217. The van der Waals surface area contributed by atoms with Crippen LogP contribution in [-0.4, -0.2) is 56.2 Å². The molecule has 8 heteroatoms. The Bertz CT molecular complexity index is 1880. The number of carbonyl (C=O) groups excluding carboxylic acids is 2. The van der Waals surface area contributed by atoms with Gasteiger partial charge in [-0.3, -0.25) is 9.59 Å². The minimum atomic E-state index is -4.00. The number of amides is 2. The van der Waals surface area contributed by atoms with Gasteiger partial charge in [-0.15, -0.1) is 0 Å². The first-order chi connectivity index (χ1) is 21.3. The molecule has 0 spiro atoms. The van der Waals surface area contributed by atoms with Crippen molar-refractivity contribution in [1.29, 1.82) is 0 Å². The standard InChI is InChI=1S/C36H33N3O4S/c1-26-16-19-32(44(42,43)37-34(28-11-4-2-5-12-28)29-13-6-3-7-14-29)25-33(26)36(41)39-22-20-38(21-23-39)35(40)31-18-17-27-10-8-9-15-30(27)24-31/h2-19,24-25,34,37H,20-23H2,1H3. The van der Waals surface area contributed by atoms with Crippen molar-refractivity contribution < 1.29 is 18.0 Å². The zero-order valence-electron chi connectivity index (χ0n) is 24.4. The Kier molecular flexibility index (Phi) is 8.28. The normalized spacial score (nSPS) is 13.8. The number of sulfonamides is 1. The number of rotatable bonds is 7. The van der Waals surface area contributed by atoms with Crippen LogP contribution in [0.1, 0.15) is 43.4 Å². The molecule has 1 aliphatic heterocycles. The number of nitrogens with zero attached hydrogens (tertiary/aromatic N) is 2. The Morgan fingerprint density at radius 2 is 1.18 bits per heavy atom. The quantitative estimate of drug-likeness (QED) is 0.254. The number of fused-ring (bicyclic) bond motifs is 1. The van der Waals surface area contributed by atoms with Crippen LogP contribution >= 0.6 is 0 Å². The fourth-order valence-electron chi connectivity index (χ4n) is 5.63. The number of hydrogen-bond donors (Lipinski definition) is 1. The van der Waals surface area contributed by atoms with Crippen molar-refractivity contribution in [2.75, 3.05) is 26.2 Å². The predicted octanol–water partition coefficient (Wildman–Crippen LogP) is 5.81. The third kappa shape index (κ3) is 6.13. The third-order valence-corrected chi connectivity index (χ3v) is 9.56. The Morgan fingerprint density at radius 3 is 1.80 bits per heavy atom. The molecule has 0 bridgehead atoms. The number of benzene rings is 5. The molecule has 5 aromatic carbocycles. The van der Waals surface area contributed by atoms with Gasteiger partial charge in [0.2, 0.25) is 10.0 Å². The van der Waals surface area contributed by atoms with E-state index in [-0.39, 0.29) is 16.7 Å². The highest BCUT2D eigenvalue weighted by molar-refractivity contribution is 7.89. The van der Waals surface area contributed by atoms with E-state index >= 15 is 0 Å². The van der Waals surface area contributed by atoms with Crippen LogP contribution in [0.25, 0.3) is 10.8 Å². The first kappa shape index (κ1) is 29.3. The Balaban J connectivity index is 1.18. The van der Waals surface area contributed by atoms with Gasteiger partial charge in [-0.2, -0.15) is 4.72 Å². The van der Waals surface area contributed by atoms with Gasteiger partial charge in [-0.1, -0.05) is 97.1 Å². The second kappa shape index (κ2) is 12.4. The maximum Gasteiger partial charge on any atom is 0.254 e. The maximum atomic E-state index is 13.7. The molecule has 1 heterocycles. The fourth-order valence-corrected chi connectivity index (χ4v) is 6.87. The molecule has 6 rings (SSSR count). The minimum Gasteiger partial charge on any atom is -0.335 e. The van der Waals surface area contributed by atoms with Gasteiger partial charge in [0.1, 0.15) is 0 Å². The average molecular weight is 604 g/mol. The van der Waals surface area contributed by atoms with Crippen LogP contribution < -0.4 is 4.72 Å². The monoisotopic (exact) mass is 603 g/mol. The SMILES string of the molecule is Cc1ccc(S(=O)(=O)NC(c2ccccc2)c2ccccc2)cc1C(=O)N1CCN(C(=O)c2ccc3ccccc3c2)CC1. The zero-order valence-corrected chi connectivity index (χ0v) is 25.2. The predicted molar refractivity (Wildman–Crippen MR) is 172 cm³/mol. The third-order valence-electron chi connectivity index (χ3n) is 8.14. The molecule has 1 saturated heterocycles. The van der Waals surface area contributed by atoms with Crippen molar-refractivity contribution in [1.82, 2.24) is 14.5 Å². The molecule has 1 fully saturated rings. The van der Waals surface area contributed by atoms with Crippen LogP contribution in [0.4, 0.5) is 0 Å². The Hall–Kier alpha value is -4.79. The lowest BCUT2D eigenvalue weighted by Gasteiger charge is -2.35. The number of aryl methyl sites for hydroxylation is 1. The first-order valence-electron chi connectivity index (χ1n) is 14.6. The van der Waals surface area contributed by atoms with E-state index < -0.39 is 16.1 Å². The largest absolute Gasteiger partial charge is 0.335 e. The lowest BCUT2D eigenvalue weighted by Crippen LogP contribution is -2.50. The highest BCUT2D eigenvalue weighted by Crippen LogP contribution is 2.26. The number of piperazine rings is 1. The summed E-state index contributed by atoms with van der Waals surface area (Å²) in [7, 11) is -4.00. The molecule has 0 aromatic heterocycles. The van der Waals surface area contributed by atoms with Crippen LogP contribution in [0.3, 0.4) is 0 Å². The number of hydrogen-bond acceptors (Lipinski definition) is 4. The van der Waals surface area contributed by atoms with Crippen LogP contribution in [0, 0.1) is 6.92 Å². The average Bonchev–Trinajstić information content (AvgIpc) is 3.07. The summed E-state index contributed by atoms with van der Waals surface area (Å²) in [6.07, 6.45) is 0. The van der Waals surface area contributed by atoms with Crippen molar-refractivity contribution in [3.63, 3.8) is 0 Å². The molecule has 2 amide bonds.